The van der Waals surface area contributed by atoms with Crippen molar-refractivity contribution in [1.82, 2.24) is 4.90 Å². The second-order valence-electron chi connectivity index (χ2n) is 7.26. The number of carbonyl (C=O) groups is 3. The van der Waals surface area contributed by atoms with Crippen LogP contribution in [0.25, 0.3) is 6.08 Å². The molecule has 7 heteroatoms. The van der Waals surface area contributed by atoms with Crippen LogP contribution in [-0.2, 0) is 14.3 Å². The minimum absolute atomic E-state index is 0.125. The van der Waals surface area contributed by atoms with Gasteiger partial charge in [-0.25, -0.2) is 0 Å². The van der Waals surface area contributed by atoms with Crippen molar-refractivity contribution in [3.8, 4) is 5.75 Å². The number of rotatable bonds is 6. The average Bonchev–Trinajstić information content (AvgIpc) is 2.82. The molecule has 6 nitrogen and oxygen atoms in total. The third-order valence-corrected chi connectivity index (χ3v) is 4.58. The highest BCUT2D eigenvalue weighted by Crippen LogP contribution is 2.32. The highest BCUT2D eigenvalue weighted by Gasteiger charge is 2.37. The van der Waals surface area contributed by atoms with Gasteiger partial charge < -0.3 is 9.47 Å². The molecule has 0 saturated carbocycles. The van der Waals surface area contributed by atoms with Gasteiger partial charge in [-0.1, -0.05) is 19.1 Å². The molecule has 1 aliphatic rings. The molecule has 2 rings (SSSR count). The molecule has 1 aromatic rings. The minimum atomic E-state index is -0.673. The lowest BCUT2D eigenvalue weighted by Crippen LogP contribution is -2.37. The van der Waals surface area contributed by atoms with Crippen molar-refractivity contribution in [2.24, 2.45) is 0 Å². The number of esters is 1. The highest BCUT2D eigenvalue weighted by atomic mass is 32.2. The molecule has 0 radical (unpaired) electrons. The maximum atomic E-state index is 12.5. The molecule has 0 N–H and O–H groups in total. The van der Waals surface area contributed by atoms with Crippen molar-refractivity contribution >= 4 is 35.0 Å². The van der Waals surface area contributed by atoms with Crippen molar-refractivity contribution in [2.75, 3.05) is 6.54 Å². The van der Waals surface area contributed by atoms with Crippen molar-refractivity contribution in [1.29, 1.82) is 0 Å². The Hall–Kier alpha value is -2.28. The topological polar surface area (TPSA) is 72.9 Å². The molecule has 2 amide bonds. The second kappa shape index (κ2) is 8.61. The van der Waals surface area contributed by atoms with Gasteiger partial charge in [0.05, 0.1) is 11.0 Å². The van der Waals surface area contributed by atoms with Gasteiger partial charge in [0.1, 0.15) is 17.9 Å². The number of benzene rings is 1. The third kappa shape index (κ3) is 6.13. The summed E-state index contributed by atoms with van der Waals surface area (Å²) in [7, 11) is 0. The van der Waals surface area contributed by atoms with Gasteiger partial charge in [0.15, 0.2) is 0 Å². The first-order valence-corrected chi connectivity index (χ1v) is 9.64. The zero-order valence-electron chi connectivity index (χ0n) is 16.3. The van der Waals surface area contributed by atoms with Crippen LogP contribution in [0.15, 0.2) is 29.2 Å². The molecule has 0 bridgehead atoms. The molecule has 0 aliphatic carbocycles. The van der Waals surface area contributed by atoms with E-state index in [-0.39, 0.29) is 17.6 Å². The van der Waals surface area contributed by atoms with Gasteiger partial charge in [0, 0.05) is 0 Å². The van der Waals surface area contributed by atoms with Crippen LogP contribution in [0, 0.1) is 0 Å². The standard InChI is InChI=1S/C20H25NO5S/c1-6-13(2)25-15-9-7-14(8-10-15)11-16-18(23)21(19(24)27-16)12-17(22)26-20(3,4)5/h7-11,13H,6,12H2,1-5H3/b16-11-. The lowest BCUT2D eigenvalue weighted by atomic mass is 10.2. The van der Waals surface area contributed by atoms with E-state index in [9.17, 15) is 14.4 Å². The number of thioether (sulfide) groups is 1. The normalized spacial score (nSPS) is 17.4. The Morgan fingerprint density at radius 3 is 2.41 bits per heavy atom. The van der Waals surface area contributed by atoms with E-state index in [0.29, 0.717) is 0 Å². The number of hydrogen-bond acceptors (Lipinski definition) is 6. The average molecular weight is 391 g/mol. The molecule has 146 valence electrons. The molecular formula is C20H25NO5S. The molecule has 1 aromatic carbocycles. The van der Waals surface area contributed by atoms with Gasteiger partial charge in [0.25, 0.3) is 11.1 Å². The van der Waals surface area contributed by atoms with Gasteiger partial charge in [0.2, 0.25) is 0 Å². The SMILES string of the molecule is CCC(C)Oc1ccc(/C=C2\SC(=O)N(CC(=O)OC(C)(C)C)C2=O)cc1. The largest absolute Gasteiger partial charge is 0.491 e. The molecule has 1 heterocycles. The molecule has 1 fully saturated rings. The summed E-state index contributed by atoms with van der Waals surface area (Å²) < 4.78 is 10.9. The van der Waals surface area contributed by atoms with Crippen molar-refractivity contribution in [3.05, 3.63) is 34.7 Å². The molecule has 1 atom stereocenters. The molecule has 1 unspecified atom stereocenters. The molecular weight excluding hydrogens is 366 g/mol. The summed E-state index contributed by atoms with van der Waals surface area (Å²) in [4.78, 5) is 37.6. The number of hydrogen-bond donors (Lipinski definition) is 0. The Kier molecular flexibility index (Phi) is 6.70. The summed E-state index contributed by atoms with van der Waals surface area (Å²) in [6.45, 7) is 8.84. The van der Waals surface area contributed by atoms with E-state index in [1.54, 1.807) is 26.8 Å². The fourth-order valence-electron chi connectivity index (χ4n) is 2.25. The van der Waals surface area contributed by atoms with Crippen LogP contribution in [0.5, 0.6) is 5.75 Å². The quantitative estimate of drug-likeness (QED) is 0.533. The predicted octanol–water partition coefficient (Wildman–Crippen LogP) is 4.24. The summed E-state index contributed by atoms with van der Waals surface area (Å²) in [6.07, 6.45) is 2.67. The first-order chi connectivity index (χ1) is 12.6. The maximum absolute atomic E-state index is 12.5. The Labute approximate surface area is 163 Å². The van der Waals surface area contributed by atoms with E-state index in [4.69, 9.17) is 9.47 Å². The van der Waals surface area contributed by atoms with Crippen LogP contribution in [-0.4, -0.2) is 40.3 Å². The Balaban J connectivity index is 2.06. The summed E-state index contributed by atoms with van der Waals surface area (Å²) in [6, 6.07) is 7.28. The Morgan fingerprint density at radius 2 is 1.85 bits per heavy atom. The molecule has 1 saturated heterocycles. The Bertz CT molecular complexity index is 749. The first-order valence-electron chi connectivity index (χ1n) is 8.83. The lowest BCUT2D eigenvalue weighted by Gasteiger charge is -2.21. The number of imide groups is 1. The first kappa shape index (κ1) is 21.0. The van der Waals surface area contributed by atoms with E-state index < -0.39 is 22.7 Å². The second-order valence-corrected chi connectivity index (χ2v) is 8.25. The molecule has 1 aliphatic heterocycles. The zero-order chi connectivity index (χ0) is 20.2. The number of nitrogens with zero attached hydrogens (tertiary/aromatic N) is 1. The molecule has 0 spiro atoms. The van der Waals surface area contributed by atoms with Gasteiger partial charge in [-0.3, -0.25) is 19.3 Å². The third-order valence-electron chi connectivity index (χ3n) is 3.67. The maximum Gasteiger partial charge on any atom is 0.326 e. The van der Waals surface area contributed by atoms with E-state index in [1.165, 1.54) is 0 Å². The monoisotopic (exact) mass is 391 g/mol. The van der Waals surface area contributed by atoms with Crippen LogP contribution in [0.4, 0.5) is 4.79 Å². The van der Waals surface area contributed by atoms with E-state index >= 15 is 0 Å². The molecule has 27 heavy (non-hydrogen) atoms. The fourth-order valence-corrected chi connectivity index (χ4v) is 3.09. The zero-order valence-corrected chi connectivity index (χ0v) is 17.1. The predicted molar refractivity (Wildman–Crippen MR) is 105 cm³/mol. The van der Waals surface area contributed by atoms with E-state index in [2.05, 4.69) is 0 Å². The fraction of sp³-hybridized carbons (Fsp3) is 0.450. The number of carbonyl (C=O) groups excluding carboxylic acids is 3. The van der Waals surface area contributed by atoms with Gasteiger partial charge in [-0.2, -0.15) is 0 Å². The summed E-state index contributed by atoms with van der Waals surface area (Å²) in [5, 5.41) is -0.478. The van der Waals surface area contributed by atoms with E-state index in [0.717, 1.165) is 34.4 Å². The smallest absolute Gasteiger partial charge is 0.326 e. The highest BCUT2D eigenvalue weighted by molar-refractivity contribution is 8.18. The van der Waals surface area contributed by atoms with Gasteiger partial charge in [-0.15, -0.1) is 0 Å². The van der Waals surface area contributed by atoms with Gasteiger partial charge >= 0.3 is 5.97 Å². The van der Waals surface area contributed by atoms with E-state index in [1.807, 2.05) is 38.1 Å². The summed E-state index contributed by atoms with van der Waals surface area (Å²) >= 11 is 0.815. The number of amides is 2. The molecule has 0 aromatic heterocycles. The summed E-state index contributed by atoms with van der Waals surface area (Å²) in [5.41, 5.74) is 0.0997. The van der Waals surface area contributed by atoms with Crippen molar-refractivity contribution < 1.29 is 23.9 Å². The van der Waals surface area contributed by atoms with Crippen LogP contribution in [0.3, 0.4) is 0 Å². The summed E-state index contributed by atoms with van der Waals surface area (Å²) in [5.74, 6) is -0.354. The van der Waals surface area contributed by atoms with Crippen LogP contribution < -0.4 is 4.74 Å². The van der Waals surface area contributed by atoms with Crippen LogP contribution >= 0.6 is 11.8 Å². The van der Waals surface area contributed by atoms with Gasteiger partial charge in [-0.05, 0) is 69.6 Å². The lowest BCUT2D eigenvalue weighted by molar-refractivity contribution is -0.156. The minimum Gasteiger partial charge on any atom is -0.491 e. The van der Waals surface area contributed by atoms with Crippen LogP contribution in [0.2, 0.25) is 0 Å². The van der Waals surface area contributed by atoms with Crippen molar-refractivity contribution in [3.63, 3.8) is 0 Å². The number of ether oxygens (including phenoxy) is 2. The Morgan fingerprint density at radius 1 is 1.22 bits per heavy atom. The van der Waals surface area contributed by atoms with Crippen molar-refractivity contribution in [2.45, 2.75) is 52.7 Å². The van der Waals surface area contributed by atoms with Crippen LogP contribution in [0.1, 0.15) is 46.6 Å².